The van der Waals surface area contributed by atoms with Crippen LogP contribution in [0.25, 0.3) is 0 Å². The Morgan fingerprint density at radius 2 is 2.27 bits per heavy atom. The summed E-state index contributed by atoms with van der Waals surface area (Å²) >= 11 is 0. The van der Waals surface area contributed by atoms with Crippen LogP contribution in [0.15, 0.2) is 29.4 Å². The Hall–Kier alpha value is -1.91. The smallest absolute Gasteiger partial charge is 0.213 e. The summed E-state index contributed by atoms with van der Waals surface area (Å²) in [4.78, 5) is 10.9. The summed E-state index contributed by atoms with van der Waals surface area (Å²) in [7, 11) is 1.81. The number of aliphatic imine (C=N–C) groups is 1. The lowest BCUT2D eigenvalue weighted by molar-refractivity contribution is 0.205. The lowest BCUT2D eigenvalue weighted by atomic mass is 10.3. The number of hydrogen-bond acceptors (Lipinski definition) is 5. The summed E-state index contributed by atoms with van der Waals surface area (Å²) in [6.45, 7) is 3.37. The number of ether oxygens (including phenoxy) is 1. The van der Waals surface area contributed by atoms with E-state index in [9.17, 15) is 0 Å². The predicted molar refractivity (Wildman–Crippen MR) is 109 cm³/mol. The van der Waals surface area contributed by atoms with Gasteiger partial charge in [0.1, 0.15) is 11.9 Å². The summed E-state index contributed by atoms with van der Waals surface area (Å²) in [5, 5.41) is 11.9. The van der Waals surface area contributed by atoms with Crippen LogP contribution in [0.5, 0.6) is 5.88 Å². The van der Waals surface area contributed by atoms with E-state index in [2.05, 4.69) is 35.0 Å². The van der Waals surface area contributed by atoms with Crippen molar-refractivity contribution in [3.05, 3.63) is 36.0 Å². The number of guanidine groups is 1. The van der Waals surface area contributed by atoms with Crippen molar-refractivity contribution in [2.24, 2.45) is 4.99 Å². The van der Waals surface area contributed by atoms with E-state index in [4.69, 9.17) is 4.74 Å². The fourth-order valence-electron chi connectivity index (χ4n) is 3.44. The summed E-state index contributed by atoms with van der Waals surface area (Å²) in [6, 6.07) is 5.72. The fraction of sp³-hybridized carbons (Fsp3) is 0.529. The quantitative estimate of drug-likeness (QED) is 0.415. The molecule has 8 nitrogen and oxygen atoms in total. The summed E-state index contributed by atoms with van der Waals surface area (Å²) in [5.74, 6) is 3.63. The lowest BCUT2D eigenvalue weighted by Gasteiger charge is -2.21. The van der Waals surface area contributed by atoms with Crippen molar-refractivity contribution in [2.75, 3.05) is 20.1 Å². The second-order valence-corrected chi connectivity index (χ2v) is 6.33. The number of fused-ring (bicyclic) bond motifs is 1. The van der Waals surface area contributed by atoms with Crippen molar-refractivity contribution in [1.29, 1.82) is 0 Å². The molecule has 2 aromatic rings. The van der Waals surface area contributed by atoms with E-state index < -0.39 is 0 Å². The zero-order chi connectivity index (χ0) is 17.1. The number of aromatic nitrogens is 4. The van der Waals surface area contributed by atoms with E-state index in [0.717, 1.165) is 56.5 Å². The Bertz CT molecular complexity index is 749. The van der Waals surface area contributed by atoms with E-state index in [1.807, 2.05) is 25.2 Å². The maximum absolute atomic E-state index is 5.95. The summed E-state index contributed by atoms with van der Waals surface area (Å²) in [6.07, 6.45) is 5.02. The van der Waals surface area contributed by atoms with Gasteiger partial charge in [0.25, 0.3) is 0 Å². The van der Waals surface area contributed by atoms with Gasteiger partial charge in [0, 0.05) is 45.2 Å². The molecule has 1 N–H and O–H groups in total. The highest BCUT2D eigenvalue weighted by Crippen LogP contribution is 2.17. The third-order valence-corrected chi connectivity index (χ3v) is 4.67. The van der Waals surface area contributed by atoms with E-state index in [1.165, 1.54) is 0 Å². The zero-order valence-corrected chi connectivity index (χ0v) is 17.2. The van der Waals surface area contributed by atoms with E-state index in [1.54, 1.807) is 6.20 Å². The SMILES string of the molecule is CN=C(NCc1nnc2n1CCC2)N1CCC(Oc2ccccn2)C1.I. The highest BCUT2D eigenvalue weighted by atomic mass is 127. The number of rotatable bonds is 4. The molecule has 1 saturated heterocycles. The number of hydrogen-bond donors (Lipinski definition) is 1. The first-order chi connectivity index (χ1) is 12.3. The average Bonchev–Trinajstić information content (AvgIpc) is 3.35. The Kier molecular flexibility index (Phi) is 6.28. The van der Waals surface area contributed by atoms with Gasteiger partial charge in [-0.2, -0.15) is 0 Å². The molecule has 1 atom stereocenters. The van der Waals surface area contributed by atoms with Crippen molar-refractivity contribution in [2.45, 2.75) is 38.5 Å². The second-order valence-electron chi connectivity index (χ2n) is 6.33. The molecule has 0 saturated carbocycles. The Labute approximate surface area is 170 Å². The largest absolute Gasteiger partial charge is 0.472 e. The van der Waals surface area contributed by atoms with Gasteiger partial charge >= 0.3 is 0 Å². The number of nitrogens with one attached hydrogen (secondary N) is 1. The molecule has 9 heteroatoms. The molecule has 0 spiro atoms. The average molecular weight is 469 g/mol. The van der Waals surface area contributed by atoms with E-state index >= 15 is 0 Å². The van der Waals surface area contributed by atoms with Gasteiger partial charge in [0.15, 0.2) is 11.8 Å². The van der Waals surface area contributed by atoms with Crippen molar-refractivity contribution in [3.63, 3.8) is 0 Å². The number of pyridine rings is 1. The van der Waals surface area contributed by atoms with Gasteiger partial charge in [-0.25, -0.2) is 4.98 Å². The molecule has 4 rings (SSSR count). The molecule has 0 aliphatic carbocycles. The van der Waals surface area contributed by atoms with Crippen LogP contribution in [0.2, 0.25) is 0 Å². The minimum absolute atomic E-state index is 0. The lowest BCUT2D eigenvalue weighted by Crippen LogP contribution is -2.41. The van der Waals surface area contributed by atoms with Crippen LogP contribution in [0.1, 0.15) is 24.5 Å². The molecule has 2 aliphatic rings. The highest BCUT2D eigenvalue weighted by molar-refractivity contribution is 14.0. The summed E-state index contributed by atoms with van der Waals surface area (Å²) < 4.78 is 8.15. The number of likely N-dealkylation sites (tertiary alicyclic amines) is 1. The molecular formula is C17H24IN7O. The van der Waals surface area contributed by atoms with Crippen LogP contribution < -0.4 is 10.1 Å². The molecule has 1 fully saturated rings. The van der Waals surface area contributed by atoms with Gasteiger partial charge in [0.05, 0.1) is 13.1 Å². The fourth-order valence-corrected chi connectivity index (χ4v) is 3.44. The molecule has 140 valence electrons. The molecule has 0 radical (unpaired) electrons. The predicted octanol–water partition coefficient (Wildman–Crippen LogP) is 1.47. The molecule has 26 heavy (non-hydrogen) atoms. The minimum atomic E-state index is 0. The number of nitrogens with zero attached hydrogens (tertiary/aromatic N) is 6. The van der Waals surface area contributed by atoms with Crippen LogP contribution in [0.3, 0.4) is 0 Å². The molecule has 2 aliphatic heterocycles. The monoisotopic (exact) mass is 469 g/mol. The normalized spacial score (nSPS) is 19.2. The van der Waals surface area contributed by atoms with Gasteiger partial charge in [-0.1, -0.05) is 6.07 Å². The standard InChI is InChI=1S/C17H23N7O.HI/c1-18-17(20-11-15-22-21-14-5-4-9-24(14)15)23-10-7-13(12-23)25-16-6-2-3-8-19-16;/h2-3,6,8,13H,4-5,7,9-12H2,1H3,(H,18,20);1H. The first-order valence-corrected chi connectivity index (χ1v) is 8.78. The van der Waals surface area contributed by atoms with Gasteiger partial charge < -0.3 is 19.5 Å². The van der Waals surface area contributed by atoms with Crippen LogP contribution in [0.4, 0.5) is 0 Å². The topological polar surface area (TPSA) is 80.5 Å². The molecule has 4 heterocycles. The third kappa shape index (κ3) is 4.08. The Balaban J connectivity index is 0.00000196. The molecule has 0 amide bonds. The van der Waals surface area contributed by atoms with Crippen LogP contribution in [-0.2, 0) is 19.5 Å². The molecule has 1 unspecified atom stereocenters. The second kappa shape index (κ2) is 8.65. The number of aryl methyl sites for hydroxylation is 1. The molecule has 2 aromatic heterocycles. The van der Waals surface area contributed by atoms with E-state index in [-0.39, 0.29) is 30.1 Å². The maximum atomic E-state index is 5.95. The molecule has 0 bridgehead atoms. The van der Waals surface area contributed by atoms with Gasteiger partial charge in [-0.3, -0.25) is 4.99 Å². The van der Waals surface area contributed by atoms with Gasteiger partial charge in [-0.15, -0.1) is 34.2 Å². The third-order valence-electron chi connectivity index (χ3n) is 4.67. The first-order valence-electron chi connectivity index (χ1n) is 8.78. The van der Waals surface area contributed by atoms with Crippen molar-refractivity contribution >= 4 is 29.9 Å². The maximum Gasteiger partial charge on any atom is 0.213 e. The van der Waals surface area contributed by atoms with Crippen molar-refractivity contribution < 1.29 is 4.74 Å². The summed E-state index contributed by atoms with van der Waals surface area (Å²) in [5.41, 5.74) is 0. The zero-order valence-electron chi connectivity index (χ0n) is 14.8. The Morgan fingerprint density at radius 1 is 1.35 bits per heavy atom. The number of halogens is 1. The van der Waals surface area contributed by atoms with E-state index in [0.29, 0.717) is 12.4 Å². The van der Waals surface area contributed by atoms with Crippen LogP contribution in [-0.4, -0.2) is 56.8 Å². The highest BCUT2D eigenvalue weighted by Gasteiger charge is 2.27. The van der Waals surface area contributed by atoms with Crippen molar-refractivity contribution in [3.8, 4) is 5.88 Å². The minimum Gasteiger partial charge on any atom is -0.472 e. The van der Waals surface area contributed by atoms with Gasteiger partial charge in [-0.05, 0) is 12.5 Å². The Morgan fingerprint density at radius 3 is 3.08 bits per heavy atom. The van der Waals surface area contributed by atoms with Gasteiger partial charge in [0.2, 0.25) is 5.88 Å². The molecule has 0 aromatic carbocycles. The van der Waals surface area contributed by atoms with Crippen LogP contribution in [0, 0.1) is 0 Å². The first kappa shape index (κ1) is 18.9. The molecular weight excluding hydrogens is 445 g/mol. The van der Waals surface area contributed by atoms with Crippen molar-refractivity contribution in [1.82, 2.24) is 30.0 Å². The van der Waals surface area contributed by atoms with Crippen LogP contribution >= 0.6 is 24.0 Å².